The second kappa shape index (κ2) is 8.70. The highest BCUT2D eigenvalue weighted by atomic mass is 16.5. The minimum atomic E-state index is -0.616. The van der Waals surface area contributed by atoms with Crippen LogP contribution >= 0.6 is 0 Å². The van der Waals surface area contributed by atoms with Crippen LogP contribution in [0.5, 0.6) is 5.75 Å². The Morgan fingerprint density at radius 3 is 2.55 bits per heavy atom. The van der Waals surface area contributed by atoms with E-state index in [-0.39, 0.29) is 5.69 Å². The number of aryl methyl sites for hydroxylation is 4. The molecule has 33 heavy (non-hydrogen) atoms. The normalized spacial score (nSPS) is 11.4. The summed E-state index contributed by atoms with van der Waals surface area (Å²) in [6.07, 6.45) is 0. The molecule has 0 unspecified atom stereocenters. The number of rotatable bonds is 5. The molecule has 4 rings (SSSR count). The molecule has 168 valence electrons. The van der Waals surface area contributed by atoms with Gasteiger partial charge in [0.25, 0.3) is 5.91 Å². The molecule has 4 aromatic rings. The second-order valence-electron chi connectivity index (χ2n) is 7.80. The van der Waals surface area contributed by atoms with Gasteiger partial charge in [0.1, 0.15) is 11.3 Å². The van der Waals surface area contributed by atoms with Crippen molar-refractivity contribution < 1.29 is 13.9 Å². The highest BCUT2D eigenvalue weighted by Gasteiger charge is 2.17. The van der Waals surface area contributed by atoms with Crippen molar-refractivity contribution in [1.29, 1.82) is 0 Å². The molecule has 0 spiro atoms. The highest BCUT2D eigenvalue weighted by molar-refractivity contribution is 5.82. The molecule has 2 aromatic carbocycles. The first kappa shape index (κ1) is 21.9. The van der Waals surface area contributed by atoms with E-state index >= 15 is 0 Å². The van der Waals surface area contributed by atoms with E-state index in [0.29, 0.717) is 22.7 Å². The SMILES string of the molecule is Cc1ccc(N=Nc2c(C)[nH]n(C(=O)COc3ccc4c(C)cc(=O)oc4c3)c2=O)c(C)c1. The molecular weight excluding hydrogens is 424 g/mol. The largest absolute Gasteiger partial charge is 0.484 e. The number of nitrogens with one attached hydrogen (secondary N) is 1. The number of H-pyrrole nitrogens is 1. The molecule has 9 heteroatoms. The second-order valence-corrected chi connectivity index (χ2v) is 7.80. The Labute approximate surface area is 188 Å². The predicted molar refractivity (Wildman–Crippen MR) is 123 cm³/mol. The van der Waals surface area contributed by atoms with Crippen LogP contribution in [0, 0.1) is 27.7 Å². The smallest absolute Gasteiger partial charge is 0.336 e. The molecule has 0 fully saturated rings. The number of ether oxygens (including phenoxy) is 1. The summed E-state index contributed by atoms with van der Waals surface area (Å²) in [5.41, 5.74) is 3.17. The van der Waals surface area contributed by atoms with Gasteiger partial charge in [-0.25, -0.2) is 4.79 Å². The van der Waals surface area contributed by atoms with Gasteiger partial charge in [-0.05, 0) is 57.0 Å². The summed E-state index contributed by atoms with van der Waals surface area (Å²) in [4.78, 5) is 36.9. The lowest BCUT2D eigenvalue weighted by molar-refractivity contribution is 0.0816. The van der Waals surface area contributed by atoms with Crippen molar-refractivity contribution in [2.24, 2.45) is 10.2 Å². The molecule has 0 radical (unpaired) electrons. The van der Waals surface area contributed by atoms with E-state index in [1.165, 1.54) is 12.1 Å². The van der Waals surface area contributed by atoms with Crippen molar-refractivity contribution in [2.45, 2.75) is 27.7 Å². The molecule has 0 aliphatic carbocycles. The Balaban J connectivity index is 1.52. The summed E-state index contributed by atoms with van der Waals surface area (Å²) >= 11 is 0. The molecule has 0 amide bonds. The van der Waals surface area contributed by atoms with Gasteiger partial charge in [-0.1, -0.05) is 17.7 Å². The molecule has 2 heterocycles. The number of carbonyl (C=O) groups excluding carboxylic acids is 1. The van der Waals surface area contributed by atoms with Gasteiger partial charge in [-0.2, -0.15) is 9.80 Å². The van der Waals surface area contributed by atoms with E-state index in [2.05, 4.69) is 15.3 Å². The van der Waals surface area contributed by atoms with Crippen molar-refractivity contribution in [1.82, 2.24) is 9.78 Å². The van der Waals surface area contributed by atoms with E-state index in [4.69, 9.17) is 9.15 Å². The van der Waals surface area contributed by atoms with Crippen molar-refractivity contribution >= 4 is 28.3 Å². The van der Waals surface area contributed by atoms with Crippen LogP contribution in [0.3, 0.4) is 0 Å². The fourth-order valence-corrected chi connectivity index (χ4v) is 3.46. The summed E-state index contributed by atoms with van der Waals surface area (Å²) < 4.78 is 11.6. The lowest BCUT2D eigenvalue weighted by atomic mass is 10.1. The maximum atomic E-state index is 12.7. The van der Waals surface area contributed by atoms with Crippen LogP contribution in [0.2, 0.25) is 0 Å². The maximum absolute atomic E-state index is 12.7. The van der Waals surface area contributed by atoms with E-state index in [9.17, 15) is 14.4 Å². The Kier molecular flexibility index (Phi) is 5.78. The van der Waals surface area contributed by atoms with E-state index in [1.54, 1.807) is 26.0 Å². The monoisotopic (exact) mass is 446 g/mol. The molecule has 1 N–H and O–H groups in total. The Hall–Kier alpha value is -4.27. The third-order valence-electron chi connectivity index (χ3n) is 5.18. The summed E-state index contributed by atoms with van der Waals surface area (Å²) in [5, 5.41) is 11.7. The zero-order valence-electron chi connectivity index (χ0n) is 18.6. The summed E-state index contributed by atoms with van der Waals surface area (Å²) in [7, 11) is 0. The van der Waals surface area contributed by atoms with Gasteiger partial charge in [-0.3, -0.25) is 14.7 Å². The summed E-state index contributed by atoms with van der Waals surface area (Å²) in [6, 6.07) is 12.0. The third kappa shape index (κ3) is 4.52. The third-order valence-corrected chi connectivity index (χ3v) is 5.18. The molecule has 2 aromatic heterocycles. The number of carbonyl (C=O) groups is 1. The molecule has 0 atom stereocenters. The van der Waals surface area contributed by atoms with E-state index < -0.39 is 23.7 Å². The van der Waals surface area contributed by atoms with Gasteiger partial charge in [0, 0.05) is 17.5 Å². The number of benzene rings is 2. The molecule has 0 saturated carbocycles. The maximum Gasteiger partial charge on any atom is 0.336 e. The summed E-state index contributed by atoms with van der Waals surface area (Å²) in [5.74, 6) is -0.280. The van der Waals surface area contributed by atoms with Gasteiger partial charge in [0.2, 0.25) is 0 Å². The first-order chi connectivity index (χ1) is 15.7. The number of hydrogen-bond donors (Lipinski definition) is 1. The average molecular weight is 446 g/mol. The van der Waals surface area contributed by atoms with Crippen LogP contribution in [-0.2, 0) is 0 Å². The van der Waals surface area contributed by atoms with Crippen LogP contribution in [0.25, 0.3) is 11.0 Å². The molecular formula is C24H22N4O5. The number of azo groups is 1. The Morgan fingerprint density at radius 2 is 1.79 bits per heavy atom. The molecule has 0 aliphatic heterocycles. The predicted octanol–water partition coefficient (Wildman–Crippen LogP) is 4.65. The zero-order chi connectivity index (χ0) is 23.7. The lowest BCUT2D eigenvalue weighted by Crippen LogP contribution is -2.29. The van der Waals surface area contributed by atoms with Crippen molar-refractivity contribution in [3.8, 4) is 5.75 Å². The van der Waals surface area contributed by atoms with Gasteiger partial charge in [0.15, 0.2) is 12.3 Å². The van der Waals surface area contributed by atoms with Gasteiger partial charge in [0.05, 0.1) is 11.4 Å². The molecule has 9 nitrogen and oxygen atoms in total. The molecule has 0 bridgehead atoms. The minimum Gasteiger partial charge on any atom is -0.484 e. The summed E-state index contributed by atoms with van der Waals surface area (Å²) in [6.45, 7) is 6.92. The fraction of sp³-hybridized carbons (Fsp3) is 0.208. The standard InChI is InChI=1S/C24H22N4O5/c1-13-5-8-19(15(3)9-13)25-26-23-16(4)27-28(24(23)31)21(29)12-32-17-6-7-18-14(2)10-22(30)33-20(18)11-17/h5-11,27H,12H2,1-4H3. The van der Waals surface area contributed by atoms with Crippen LogP contribution in [-0.4, -0.2) is 22.3 Å². The lowest BCUT2D eigenvalue weighted by Gasteiger charge is -2.07. The van der Waals surface area contributed by atoms with Crippen molar-refractivity contribution in [2.75, 3.05) is 6.61 Å². The van der Waals surface area contributed by atoms with E-state index in [1.807, 2.05) is 32.0 Å². The number of fused-ring (bicyclic) bond motifs is 1. The number of nitrogens with zero attached hydrogens (tertiary/aromatic N) is 3. The number of aromatic nitrogens is 2. The topological polar surface area (TPSA) is 119 Å². The van der Waals surface area contributed by atoms with Crippen LogP contribution < -0.4 is 15.9 Å². The fourth-order valence-electron chi connectivity index (χ4n) is 3.46. The van der Waals surface area contributed by atoms with Crippen molar-refractivity contribution in [3.63, 3.8) is 0 Å². The first-order valence-electron chi connectivity index (χ1n) is 10.2. The van der Waals surface area contributed by atoms with Crippen LogP contribution in [0.1, 0.15) is 27.2 Å². The first-order valence-corrected chi connectivity index (χ1v) is 10.2. The van der Waals surface area contributed by atoms with Crippen molar-refractivity contribution in [3.05, 3.63) is 85.6 Å². The van der Waals surface area contributed by atoms with Gasteiger partial charge >= 0.3 is 11.2 Å². The Morgan fingerprint density at radius 1 is 1.00 bits per heavy atom. The highest BCUT2D eigenvalue weighted by Crippen LogP contribution is 2.23. The number of aromatic amines is 1. The minimum absolute atomic E-state index is 0.0475. The molecule has 0 aliphatic rings. The van der Waals surface area contributed by atoms with Gasteiger partial charge < -0.3 is 9.15 Å². The van der Waals surface area contributed by atoms with Gasteiger partial charge in [-0.15, -0.1) is 5.11 Å². The van der Waals surface area contributed by atoms with Crippen LogP contribution in [0.4, 0.5) is 11.4 Å². The quantitative estimate of drug-likeness (QED) is 0.353. The molecule has 0 saturated heterocycles. The Bertz CT molecular complexity index is 1520. The van der Waals surface area contributed by atoms with E-state index in [0.717, 1.165) is 26.8 Å². The average Bonchev–Trinajstić information content (AvgIpc) is 3.04. The number of hydrogen-bond acceptors (Lipinski definition) is 7. The van der Waals surface area contributed by atoms with Crippen LogP contribution in [0.15, 0.2) is 66.7 Å². The zero-order valence-corrected chi connectivity index (χ0v) is 18.6.